The SMILES string of the molecule is COc1ccc(-c2cccc(N3CCNCC3)c2S(=O)(=O)O)cc1. The fourth-order valence-corrected chi connectivity index (χ4v) is 3.87. The van der Waals surface area contributed by atoms with E-state index < -0.39 is 10.1 Å². The Bertz CT molecular complexity index is 813. The number of methoxy groups -OCH3 is 1. The molecule has 0 aliphatic carbocycles. The Balaban J connectivity index is 2.14. The van der Waals surface area contributed by atoms with Crippen LogP contribution in [0.2, 0.25) is 0 Å². The number of benzene rings is 2. The second-order valence-corrected chi connectivity index (χ2v) is 6.95. The molecule has 0 bridgehead atoms. The van der Waals surface area contributed by atoms with Crippen molar-refractivity contribution in [1.29, 1.82) is 0 Å². The average molecular weight is 348 g/mol. The lowest BCUT2D eigenvalue weighted by Gasteiger charge is -2.31. The molecule has 1 aliphatic heterocycles. The van der Waals surface area contributed by atoms with Crippen LogP contribution in [-0.4, -0.2) is 46.3 Å². The molecule has 24 heavy (non-hydrogen) atoms. The van der Waals surface area contributed by atoms with Crippen LogP contribution in [-0.2, 0) is 10.1 Å². The Hall–Kier alpha value is -2.09. The summed E-state index contributed by atoms with van der Waals surface area (Å²) in [6, 6.07) is 12.3. The van der Waals surface area contributed by atoms with Crippen molar-refractivity contribution in [2.24, 2.45) is 0 Å². The molecule has 0 saturated carbocycles. The molecule has 1 heterocycles. The molecule has 0 spiro atoms. The molecule has 2 aromatic carbocycles. The summed E-state index contributed by atoms with van der Waals surface area (Å²) in [5.41, 5.74) is 1.73. The first kappa shape index (κ1) is 16.8. The van der Waals surface area contributed by atoms with Crippen molar-refractivity contribution in [1.82, 2.24) is 5.32 Å². The van der Waals surface area contributed by atoms with Crippen molar-refractivity contribution in [3.63, 3.8) is 0 Å². The number of hydrogen-bond donors (Lipinski definition) is 2. The summed E-state index contributed by atoms with van der Waals surface area (Å²) < 4.78 is 39.2. The first-order chi connectivity index (χ1) is 11.5. The Morgan fingerprint density at radius 1 is 1.08 bits per heavy atom. The van der Waals surface area contributed by atoms with Gasteiger partial charge in [0.1, 0.15) is 10.6 Å². The highest BCUT2D eigenvalue weighted by atomic mass is 32.2. The number of piperazine rings is 1. The molecule has 6 nitrogen and oxygen atoms in total. The van der Waals surface area contributed by atoms with Crippen LogP contribution in [0.15, 0.2) is 47.4 Å². The maximum Gasteiger partial charge on any atom is 0.297 e. The van der Waals surface area contributed by atoms with Gasteiger partial charge in [0, 0.05) is 31.7 Å². The zero-order valence-electron chi connectivity index (χ0n) is 13.4. The van der Waals surface area contributed by atoms with Crippen LogP contribution < -0.4 is 15.0 Å². The van der Waals surface area contributed by atoms with E-state index in [-0.39, 0.29) is 4.90 Å². The summed E-state index contributed by atoms with van der Waals surface area (Å²) in [4.78, 5) is 1.93. The second kappa shape index (κ2) is 6.80. The molecular formula is C17H20N2O4S. The van der Waals surface area contributed by atoms with Gasteiger partial charge in [-0.25, -0.2) is 0 Å². The summed E-state index contributed by atoms with van der Waals surface area (Å²) >= 11 is 0. The lowest BCUT2D eigenvalue weighted by Crippen LogP contribution is -2.44. The van der Waals surface area contributed by atoms with Gasteiger partial charge in [-0.05, 0) is 23.8 Å². The first-order valence-corrected chi connectivity index (χ1v) is 9.15. The topological polar surface area (TPSA) is 78.9 Å². The average Bonchev–Trinajstić information content (AvgIpc) is 2.61. The summed E-state index contributed by atoms with van der Waals surface area (Å²) in [6.07, 6.45) is 0. The Morgan fingerprint density at radius 2 is 1.75 bits per heavy atom. The van der Waals surface area contributed by atoms with E-state index in [1.807, 2.05) is 11.0 Å². The quantitative estimate of drug-likeness (QED) is 0.823. The highest BCUT2D eigenvalue weighted by Gasteiger charge is 2.25. The molecule has 0 unspecified atom stereocenters. The van der Waals surface area contributed by atoms with Gasteiger partial charge in [0.2, 0.25) is 0 Å². The number of hydrogen-bond acceptors (Lipinski definition) is 5. The number of ether oxygens (including phenoxy) is 1. The van der Waals surface area contributed by atoms with Crippen molar-refractivity contribution < 1.29 is 17.7 Å². The fraction of sp³-hybridized carbons (Fsp3) is 0.294. The van der Waals surface area contributed by atoms with E-state index in [0.29, 0.717) is 35.7 Å². The summed E-state index contributed by atoms with van der Waals surface area (Å²) in [5, 5.41) is 3.23. The molecule has 0 amide bonds. The highest BCUT2D eigenvalue weighted by molar-refractivity contribution is 7.86. The third-order valence-electron chi connectivity index (χ3n) is 4.11. The smallest absolute Gasteiger partial charge is 0.297 e. The molecule has 2 aromatic rings. The highest BCUT2D eigenvalue weighted by Crippen LogP contribution is 2.35. The van der Waals surface area contributed by atoms with Crippen LogP contribution in [0.5, 0.6) is 5.75 Å². The van der Waals surface area contributed by atoms with Crippen molar-refractivity contribution >= 4 is 15.8 Å². The van der Waals surface area contributed by atoms with Crippen LogP contribution in [0, 0.1) is 0 Å². The predicted octanol–water partition coefficient (Wildman–Crippen LogP) is 2.02. The lowest BCUT2D eigenvalue weighted by atomic mass is 10.0. The van der Waals surface area contributed by atoms with Crippen LogP contribution in [0.4, 0.5) is 5.69 Å². The van der Waals surface area contributed by atoms with Crippen LogP contribution in [0.25, 0.3) is 11.1 Å². The Labute approximate surface area is 141 Å². The Kier molecular flexibility index (Phi) is 4.75. The molecule has 3 rings (SSSR count). The zero-order valence-corrected chi connectivity index (χ0v) is 14.2. The molecule has 1 saturated heterocycles. The van der Waals surface area contributed by atoms with Gasteiger partial charge in [0.05, 0.1) is 12.8 Å². The Morgan fingerprint density at radius 3 is 2.33 bits per heavy atom. The van der Waals surface area contributed by atoms with Gasteiger partial charge in [-0.15, -0.1) is 0 Å². The molecular weight excluding hydrogens is 328 g/mol. The van der Waals surface area contributed by atoms with Crippen LogP contribution in [0.3, 0.4) is 0 Å². The van der Waals surface area contributed by atoms with Gasteiger partial charge in [-0.2, -0.15) is 8.42 Å². The maximum absolute atomic E-state index is 12.1. The van der Waals surface area contributed by atoms with E-state index in [0.717, 1.165) is 13.1 Å². The van der Waals surface area contributed by atoms with Crippen molar-refractivity contribution in [2.45, 2.75) is 4.90 Å². The second-order valence-electron chi connectivity index (χ2n) is 5.59. The number of anilines is 1. The molecule has 1 fully saturated rings. The lowest BCUT2D eigenvalue weighted by molar-refractivity contribution is 0.415. The standard InChI is InChI=1S/C17H20N2O4S/c1-23-14-7-5-13(6-8-14)15-3-2-4-16(17(15)24(20,21)22)19-11-9-18-10-12-19/h2-8,18H,9-12H2,1H3,(H,20,21,22). The van der Waals surface area contributed by atoms with Gasteiger partial charge in [0.15, 0.2) is 0 Å². The normalized spacial score (nSPS) is 15.3. The summed E-state index contributed by atoms with van der Waals surface area (Å²) in [6.45, 7) is 2.93. The molecule has 1 aliphatic rings. The number of nitrogens with one attached hydrogen (secondary N) is 1. The van der Waals surface area contributed by atoms with Gasteiger partial charge in [-0.1, -0.05) is 24.3 Å². The molecule has 0 radical (unpaired) electrons. The number of rotatable bonds is 4. The van der Waals surface area contributed by atoms with Gasteiger partial charge < -0.3 is 15.0 Å². The molecule has 7 heteroatoms. The fourth-order valence-electron chi connectivity index (χ4n) is 2.95. The van der Waals surface area contributed by atoms with Crippen LogP contribution in [0.1, 0.15) is 0 Å². The predicted molar refractivity (Wildman–Crippen MR) is 93.3 cm³/mol. The van der Waals surface area contributed by atoms with E-state index >= 15 is 0 Å². The first-order valence-electron chi connectivity index (χ1n) is 7.71. The minimum Gasteiger partial charge on any atom is -0.497 e. The monoisotopic (exact) mass is 348 g/mol. The largest absolute Gasteiger partial charge is 0.497 e. The molecule has 0 aromatic heterocycles. The van der Waals surface area contributed by atoms with Gasteiger partial charge >= 0.3 is 0 Å². The van der Waals surface area contributed by atoms with Crippen molar-refractivity contribution in [3.05, 3.63) is 42.5 Å². The van der Waals surface area contributed by atoms with E-state index in [1.54, 1.807) is 43.5 Å². The summed E-state index contributed by atoms with van der Waals surface area (Å²) in [7, 11) is -2.80. The minimum atomic E-state index is -4.37. The van der Waals surface area contributed by atoms with Gasteiger partial charge in [-0.3, -0.25) is 4.55 Å². The zero-order chi connectivity index (χ0) is 17.2. The molecule has 128 valence electrons. The minimum absolute atomic E-state index is 0.0444. The third-order valence-corrected chi connectivity index (χ3v) is 5.06. The maximum atomic E-state index is 12.1. The van der Waals surface area contributed by atoms with E-state index in [9.17, 15) is 13.0 Å². The molecule has 2 N–H and O–H groups in total. The summed E-state index contributed by atoms with van der Waals surface area (Å²) in [5.74, 6) is 0.686. The van der Waals surface area contributed by atoms with Crippen molar-refractivity contribution in [3.8, 4) is 16.9 Å². The van der Waals surface area contributed by atoms with E-state index in [2.05, 4.69) is 5.32 Å². The van der Waals surface area contributed by atoms with Crippen LogP contribution >= 0.6 is 0 Å². The van der Waals surface area contributed by atoms with Crippen molar-refractivity contribution in [2.75, 3.05) is 38.2 Å². The third kappa shape index (κ3) is 3.38. The molecule has 0 atom stereocenters. The van der Waals surface area contributed by atoms with E-state index in [1.165, 1.54) is 0 Å². The van der Waals surface area contributed by atoms with E-state index in [4.69, 9.17) is 4.74 Å². The van der Waals surface area contributed by atoms with Gasteiger partial charge in [0.25, 0.3) is 10.1 Å². The number of nitrogens with zero attached hydrogens (tertiary/aromatic N) is 1.